The first-order chi connectivity index (χ1) is 6.63. The molecule has 0 amide bonds. The Labute approximate surface area is 80.7 Å². The van der Waals surface area contributed by atoms with Crippen molar-refractivity contribution in [1.29, 1.82) is 0 Å². The number of carboxylic acid groups (broad SMARTS) is 1. The number of carboxylic acids is 1. The second kappa shape index (κ2) is 2.90. The zero-order chi connectivity index (χ0) is 10.3. The number of fused-ring (bicyclic) bond motifs is 1. The van der Waals surface area contributed by atoms with Crippen molar-refractivity contribution in [3.8, 4) is 0 Å². The summed E-state index contributed by atoms with van der Waals surface area (Å²) in [6.07, 6.45) is 0.817. The van der Waals surface area contributed by atoms with E-state index in [1.807, 2.05) is 13.0 Å². The van der Waals surface area contributed by atoms with Gasteiger partial charge in [0.15, 0.2) is 5.58 Å². The van der Waals surface area contributed by atoms with Gasteiger partial charge in [-0.25, -0.2) is 4.79 Å². The van der Waals surface area contributed by atoms with Gasteiger partial charge < -0.3 is 14.1 Å². The van der Waals surface area contributed by atoms with Gasteiger partial charge in [-0.15, -0.1) is 0 Å². The van der Waals surface area contributed by atoms with Crippen LogP contribution in [0.5, 0.6) is 0 Å². The molecule has 2 aromatic rings. The average Bonchev–Trinajstić information content (AvgIpc) is 2.65. The van der Waals surface area contributed by atoms with Crippen molar-refractivity contribution in [3.63, 3.8) is 0 Å². The van der Waals surface area contributed by atoms with Crippen LogP contribution >= 0.6 is 0 Å². The maximum Gasteiger partial charge on any atom is 0.352 e. The van der Waals surface area contributed by atoms with Crippen LogP contribution in [0, 0.1) is 0 Å². The van der Waals surface area contributed by atoms with Crippen LogP contribution in [0.25, 0.3) is 11.1 Å². The summed E-state index contributed by atoms with van der Waals surface area (Å²) in [5.74, 6) is -0.0560. The molecule has 0 aromatic carbocycles. The summed E-state index contributed by atoms with van der Waals surface area (Å²) >= 11 is 0. The molecule has 2 aromatic heterocycles. The van der Waals surface area contributed by atoms with Gasteiger partial charge in [-0.3, -0.25) is 0 Å². The monoisotopic (exact) mass is 193 g/mol. The molecular weight excluding hydrogens is 182 g/mol. The number of nitrogens with zero attached hydrogens (tertiary/aromatic N) is 1. The van der Waals surface area contributed by atoms with Gasteiger partial charge in [0.2, 0.25) is 0 Å². The number of rotatable bonds is 2. The van der Waals surface area contributed by atoms with Crippen LogP contribution < -0.4 is 0 Å². The molecule has 0 spiro atoms. The molecule has 0 atom stereocenters. The number of furan rings is 1. The van der Waals surface area contributed by atoms with E-state index in [9.17, 15) is 4.79 Å². The smallest absolute Gasteiger partial charge is 0.352 e. The molecular formula is C10H11NO3. The highest BCUT2D eigenvalue weighted by Crippen LogP contribution is 2.23. The molecule has 0 fully saturated rings. The van der Waals surface area contributed by atoms with Gasteiger partial charge in [-0.05, 0) is 0 Å². The third-order valence-electron chi connectivity index (χ3n) is 2.35. The van der Waals surface area contributed by atoms with Crippen LogP contribution in [-0.2, 0) is 13.5 Å². The van der Waals surface area contributed by atoms with Crippen LogP contribution in [0.15, 0.2) is 16.5 Å². The van der Waals surface area contributed by atoms with Crippen molar-refractivity contribution in [1.82, 2.24) is 4.57 Å². The number of aryl methyl sites for hydroxylation is 2. The van der Waals surface area contributed by atoms with Crippen molar-refractivity contribution in [2.45, 2.75) is 13.3 Å². The zero-order valence-corrected chi connectivity index (χ0v) is 8.07. The van der Waals surface area contributed by atoms with Crippen LogP contribution in [0.2, 0.25) is 0 Å². The SMILES string of the molecule is CCc1cc2c(cc(C(=O)O)n2C)o1. The molecule has 14 heavy (non-hydrogen) atoms. The van der Waals surface area contributed by atoms with Crippen molar-refractivity contribution < 1.29 is 14.3 Å². The average molecular weight is 193 g/mol. The fourth-order valence-electron chi connectivity index (χ4n) is 1.54. The normalized spacial score (nSPS) is 11.0. The van der Waals surface area contributed by atoms with E-state index in [-0.39, 0.29) is 5.69 Å². The Morgan fingerprint density at radius 1 is 1.57 bits per heavy atom. The van der Waals surface area contributed by atoms with Gasteiger partial charge in [0.05, 0.1) is 5.52 Å². The molecule has 0 bridgehead atoms. The molecule has 0 radical (unpaired) electrons. The summed E-state index contributed by atoms with van der Waals surface area (Å²) in [4.78, 5) is 10.8. The summed E-state index contributed by atoms with van der Waals surface area (Å²) in [7, 11) is 1.72. The fourth-order valence-corrected chi connectivity index (χ4v) is 1.54. The Morgan fingerprint density at radius 2 is 2.29 bits per heavy atom. The highest BCUT2D eigenvalue weighted by Gasteiger charge is 2.14. The first-order valence-corrected chi connectivity index (χ1v) is 4.45. The Hall–Kier alpha value is -1.71. The Bertz CT molecular complexity index is 493. The van der Waals surface area contributed by atoms with Gasteiger partial charge in [0, 0.05) is 25.6 Å². The number of hydrogen-bond donors (Lipinski definition) is 1. The molecule has 4 nitrogen and oxygen atoms in total. The van der Waals surface area contributed by atoms with E-state index in [4.69, 9.17) is 9.52 Å². The predicted octanol–water partition coefficient (Wildman–Crippen LogP) is 2.03. The number of hydrogen-bond acceptors (Lipinski definition) is 2. The number of carbonyl (C=O) groups is 1. The lowest BCUT2D eigenvalue weighted by atomic mass is 10.3. The van der Waals surface area contributed by atoms with Crippen LogP contribution in [0.1, 0.15) is 23.2 Å². The largest absolute Gasteiger partial charge is 0.477 e. The van der Waals surface area contributed by atoms with Gasteiger partial charge >= 0.3 is 5.97 Å². The Balaban J connectivity index is 2.66. The summed E-state index contributed by atoms with van der Waals surface area (Å²) in [5, 5.41) is 8.85. The molecule has 0 aliphatic rings. The van der Waals surface area contributed by atoms with Crippen LogP contribution in [-0.4, -0.2) is 15.6 Å². The maximum absolute atomic E-state index is 10.8. The molecule has 0 aliphatic carbocycles. The van der Waals surface area contributed by atoms with E-state index in [0.29, 0.717) is 5.58 Å². The molecule has 0 saturated heterocycles. The minimum Gasteiger partial charge on any atom is -0.477 e. The Kier molecular flexibility index (Phi) is 1.84. The van der Waals surface area contributed by atoms with Gasteiger partial charge in [0.25, 0.3) is 0 Å². The van der Waals surface area contributed by atoms with E-state index in [0.717, 1.165) is 17.7 Å². The van der Waals surface area contributed by atoms with Crippen LogP contribution in [0.4, 0.5) is 0 Å². The van der Waals surface area contributed by atoms with E-state index in [2.05, 4.69) is 0 Å². The molecule has 2 heterocycles. The molecule has 0 unspecified atom stereocenters. The summed E-state index contributed by atoms with van der Waals surface area (Å²) in [5.41, 5.74) is 1.72. The molecule has 0 saturated carbocycles. The van der Waals surface area contributed by atoms with Crippen molar-refractivity contribution in [2.24, 2.45) is 7.05 Å². The summed E-state index contributed by atoms with van der Waals surface area (Å²) in [6, 6.07) is 3.43. The Morgan fingerprint density at radius 3 is 2.79 bits per heavy atom. The summed E-state index contributed by atoms with van der Waals surface area (Å²) in [6.45, 7) is 2.00. The molecule has 74 valence electrons. The maximum atomic E-state index is 10.8. The molecule has 4 heteroatoms. The minimum atomic E-state index is -0.933. The lowest BCUT2D eigenvalue weighted by Gasteiger charge is -1.95. The summed E-state index contributed by atoms with van der Waals surface area (Å²) < 4.78 is 7.07. The minimum absolute atomic E-state index is 0.251. The van der Waals surface area contributed by atoms with Crippen molar-refractivity contribution in [2.75, 3.05) is 0 Å². The third kappa shape index (κ3) is 1.11. The molecule has 1 N–H and O–H groups in total. The van der Waals surface area contributed by atoms with Gasteiger partial charge in [-0.2, -0.15) is 0 Å². The van der Waals surface area contributed by atoms with E-state index >= 15 is 0 Å². The predicted molar refractivity (Wildman–Crippen MR) is 51.5 cm³/mol. The highest BCUT2D eigenvalue weighted by molar-refractivity contribution is 5.92. The van der Waals surface area contributed by atoms with Gasteiger partial charge in [0.1, 0.15) is 11.5 Å². The number of aromatic carboxylic acids is 1. The molecule has 2 rings (SSSR count). The first-order valence-electron chi connectivity index (χ1n) is 4.45. The van der Waals surface area contributed by atoms with Crippen molar-refractivity contribution in [3.05, 3.63) is 23.6 Å². The second-order valence-corrected chi connectivity index (χ2v) is 3.21. The lowest BCUT2D eigenvalue weighted by Crippen LogP contribution is -2.03. The number of aromatic nitrogens is 1. The fraction of sp³-hybridized carbons (Fsp3) is 0.300. The van der Waals surface area contributed by atoms with Gasteiger partial charge in [-0.1, -0.05) is 6.92 Å². The van der Waals surface area contributed by atoms with Crippen LogP contribution in [0.3, 0.4) is 0 Å². The first kappa shape index (κ1) is 8.87. The lowest BCUT2D eigenvalue weighted by molar-refractivity contribution is 0.0687. The quantitative estimate of drug-likeness (QED) is 0.793. The van der Waals surface area contributed by atoms with Crippen molar-refractivity contribution >= 4 is 17.1 Å². The third-order valence-corrected chi connectivity index (χ3v) is 2.35. The standard InChI is InChI=1S/C10H11NO3/c1-3-6-4-7-9(14-6)5-8(10(12)13)11(7)2/h4-5H,3H2,1-2H3,(H,12,13). The van der Waals surface area contributed by atoms with E-state index < -0.39 is 5.97 Å². The second-order valence-electron chi connectivity index (χ2n) is 3.21. The zero-order valence-electron chi connectivity index (χ0n) is 8.07. The molecule has 0 aliphatic heterocycles. The highest BCUT2D eigenvalue weighted by atomic mass is 16.4. The van der Waals surface area contributed by atoms with E-state index in [1.54, 1.807) is 17.7 Å². The topological polar surface area (TPSA) is 55.4 Å². The van der Waals surface area contributed by atoms with E-state index in [1.165, 1.54) is 0 Å².